The largest absolute Gasteiger partial charge is 0.417 e. The molecule has 3 saturated carbocycles. The van der Waals surface area contributed by atoms with Gasteiger partial charge >= 0.3 is 6.18 Å². The van der Waals surface area contributed by atoms with Crippen LogP contribution < -0.4 is 0 Å². The van der Waals surface area contributed by atoms with Crippen LogP contribution in [0.3, 0.4) is 0 Å². The Hall–Kier alpha value is -2.20. The van der Waals surface area contributed by atoms with Gasteiger partial charge in [0.1, 0.15) is 5.82 Å². The van der Waals surface area contributed by atoms with Crippen LogP contribution in [0.4, 0.5) is 22.0 Å². The molecule has 0 atom stereocenters. The van der Waals surface area contributed by atoms with E-state index in [9.17, 15) is 22.0 Å². The van der Waals surface area contributed by atoms with Crippen molar-refractivity contribution in [2.75, 3.05) is 7.05 Å². The number of H-pyrrole nitrogens is 1. The second-order valence-electron chi connectivity index (χ2n) is 8.58. The third-order valence-electron chi connectivity index (χ3n) is 6.16. The van der Waals surface area contributed by atoms with Crippen molar-refractivity contribution in [3.8, 4) is 11.4 Å². The van der Waals surface area contributed by atoms with Gasteiger partial charge in [-0.3, -0.25) is 0 Å². The smallest absolute Gasteiger partial charge is 0.346 e. The molecule has 10 heteroatoms. The lowest BCUT2D eigenvalue weighted by atomic mass is 9.40. The van der Waals surface area contributed by atoms with E-state index in [2.05, 4.69) is 26.2 Å². The molecule has 3 aliphatic carbocycles. The minimum atomic E-state index is -4.83. The minimum absolute atomic E-state index is 0.00869. The molecule has 4 nitrogen and oxygen atoms in total. The van der Waals surface area contributed by atoms with E-state index in [0.29, 0.717) is 16.5 Å². The van der Waals surface area contributed by atoms with Gasteiger partial charge in [0.15, 0.2) is 11.6 Å². The number of nitrogens with zero attached hydrogens (tertiary/aromatic N) is 3. The predicted molar refractivity (Wildman–Crippen MR) is 103 cm³/mol. The fourth-order valence-corrected chi connectivity index (χ4v) is 5.99. The maximum absolute atomic E-state index is 14.6. The van der Waals surface area contributed by atoms with Crippen LogP contribution in [0.2, 0.25) is 0 Å². The number of benzene rings is 1. The van der Waals surface area contributed by atoms with Crippen molar-refractivity contribution >= 4 is 22.9 Å². The maximum Gasteiger partial charge on any atom is 0.417 e. The van der Waals surface area contributed by atoms with E-state index in [1.54, 1.807) is 0 Å². The van der Waals surface area contributed by atoms with E-state index in [1.807, 2.05) is 7.05 Å². The Balaban J connectivity index is 1.60. The molecule has 0 aliphatic heterocycles. The summed E-state index contributed by atoms with van der Waals surface area (Å²) in [5.41, 5.74) is -1.14. The van der Waals surface area contributed by atoms with Crippen molar-refractivity contribution in [3.05, 3.63) is 41.7 Å². The van der Waals surface area contributed by atoms with Crippen LogP contribution in [0.1, 0.15) is 31.7 Å². The average Bonchev–Trinajstić information content (AvgIpc) is 3.02. The highest BCUT2D eigenvalue weighted by molar-refractivity contribution is 7.97. The zero-order valence-corrected chi connectivity index (χ0v) is 16.9. The summed E-state index contributed by atoms with van der Waals surface area (Å²) in [6.45, 7) is 2.24. The number of alkyl halides is 3. The highest BCUT2D eigenvalue weighted by atomic mass is 32.2. The molecule has 0 spiro atoms. The van der Waals surface area contributed by atoms with Crippen molar-refractivity contribution in [1.29, 1.82) is 0 Å². The van der Waals surface area contributed by atoms with Crippen molar-refractivity contribution < 1.29 is 22.0 Å². The maximum atomic E-state index is 14.6. The molecule has 158 valence electrons. The number of rotatable bonds is 4. The van der Waals surface area contributed by atoms with E-state index in [-0.39, 0.29) is 27.8 Å². The van der Waals surface area contributed by atoms with Gasteiger partial charge in [0, 0.05) is 16.5 Å². The first-order valence-corrected chi connectivity index (χ1v) is 10.1. The second kappa shape index (κ2) is 6.16. The highest BCUT2D eigenvalue weighted by Crippen LogP contribution is 2.70. The number of hydrogen-bond acceptors (Lipinski definition) is 4. The molecule has 3 fully saturated rings. The van der Waals surface area contributed by atoms with Crippen LogP contribution in [-0.2, 0) is 6.18 Å². The zero-order valence-electron chi connectivity index (χ0n) is 16.1. The summed E-state index contributed by atoms with van der Waals surface area (Å²) in [7, 11) is 1.94. The van der Waals surface area contributed by atoms with Gasteiger partial charge in [-0.2, -0.15) is 13.2 Å². The predicted octanol–water partition coefficient (Wildman–Crippen LogP) is 5.80. The quantitative estimate of drug-likeness (QED) is 0.411. The molecule has 30 heavy (non-hydrogen) atoms. The summed E-state index contributed by atoms with van der Waals surface area (Å²) < 4.78 is 70.9. The Bertz CT molecular complexity index is 1130. The van der Waals surface area contributed by atoms with E-state index in [0.717, 1.165) is 31.7 Å². The number of fused-ring (bicyclic) bond motifs is 1. The highest BCUT2D eigenvalue weighted by Gasteiger charge is 2.67. The third kappa shape index (κ3) is 2.91. The van der Waals surface area contributed by atoms with Gasteiger partial charge in [-0.15, -0.1) is 0 Å². The molecule has 1 N–H and O–H groups in total. The number of hydrogen-bond donors (Lipinski definition) is 1. The molecule has 0 radical (unpaired) electrons. The van der Waals surface area contributed by atoms with Crippen LogP contribution in [0.5, 0.6) is 0 Å². The van der Waals surface area contributed by atoms with E-state index in [4.69, 9.17) is 0 Å². The lowest BCUT2D eigenvalue weighted by molar-refractivity contribution is -0.171. The lowest BCUT2D eigenvalue weighted by Crippen LogP contribution is -2.71. The van der Waals surface area contributed by atoms with Gasteiger partial charge in [0.05, 0.1) is 28.5 Å². The van der Waals surface area contributed by atoms with Gasteiger partial charge in [0.2, 0.25) is 0 Å². The monoisotopic (exact) mass is 440 g/mol. The SMILES string of the molecule is CN(Sc1cc2c(-c3ncc(F)cn3)c(C(F)(F)F)cc(F)c2[nH]1)C12CC(C)(C1)C2. The van der Waals surface area contributed by atoms with Crippen LogP contribution in [0.25, 0.3) is 22.3 Å². The molecule has 6 rings (SSSR count). The van der Waals surface area contributed by atoms with Crippen LogP contribution in [-0.4, -0.2) is 31.8 Å². The van der Waals surface area contributed by atoms with Gasteiger partial charge in [0.25, 0.3) is 0 Å². The van der Waals surface area contributed by atoms with Crippen LogP contribution in [0.15, 0.2) is 29.6 Å². The summed E-state index contributed by atoms with van der Waals surface area (Å²) in [4.78, 5) is 10.3. The molecule has 2 aromatic heterocycles. The molecule has 1 aromatic carbocycles. The van der Waals surface area contributed by atoms with E-state index >= 15 is 0 Å². The molecule has 3 aromatic rings. The molecule has 2 bridgehead atoms. The molecule has 3 aliphatic rings. The first kappa shape index (κ1) is 19.7. The molecular formula is C20H17F5N4S. The number of aromatic nitrogens is 3. The Morgan fingerprint density at radius 1 is 1.10 bits per heavy atom. The minimum Gasteiger partial charge on any atom is -0.346 e. The third-order valence-corrected chi connectivity index (χ3v) is 7.24. The van der Waals surface area contributed by atoms with Crippen molar-refractivity contribution in [1.82, 2.24) is 19.3 Å². The first-order chi connectivity index (χ1) is 14.0. The molecule has 0 unspecified atom stereocenters. The summed E-state index contributed by atoms with van der Waals surface area (Å²) in [5.74, 6) is -2.11. The molecule has 0 amide bonds. The van der Waals surface area contributed by atoms with Gasteiger partial charge in [-0.25, -0.2) is 23.1 Å². The van der Waals surface area contributed by atoms with Gasteiger partial charge in [-0.1, -0.05) is 6.92 Å². The zero-order chi connectivity index (χ0) is 21.5. The Labute approximate surface area is 173 Å². The topological polar surface area (TPSA) is 44.8 Å². The van der Waals surface area contributed by atoms with Crippen LogP contribution in [0, 0.1) is 17.0 Å². The number of aromatic amines is 1. The second-order valence-corrected chi connectivity index (χ2v) is 9.75. The standard InChI is InChI=1S/C20H17F5N4S/c1-18-7-19(8-18,9-18)29(2)30-14-3-11-15(17-26-5-10(21)6-27-17)12(20(23,24)25)4-13(22)16(11)28-14/h3-6,28H,7-9H2,1-2H3. The summed E-state index contributed by atoms with van der Waals surface area (Å²) in [6, 6.07) is 1.91. The van der Waals surface area contributed by atoms with Crippen molar-refractivity contribution in [3.63, 3.8) is 0 Å². The van der Waals surface area contributed by atoms with E-state index in [1.165, 1.54) is 18.0 Å². The summed E-state index contributed by atoms with van der Waals surface area (Å²) in [5, 5.41) is 0.526. The Kier molecular flexibility index (Phi) is 4.06. The normalized spacial score (nSPS) is 25.5. The number of nitrogens with one attached hydrogen (secondary N) is 1. The number of halogens is 5. The molecule has 2 heterocycles. The Morgan fingerprint density at radius 2 is 1.73 bits per heavy atom. The molecule has 0 saturated heterocycles. The van der Waals surface area contributed by atoms with Crippen LogP contribution >= 0.6 is 11.9 Å². The fourth-order valence-electron chi connectivity index (χ4n) is 4.99. The van der Waals surface area contributed by atoms with E-state index < -0.39 is 23.4 Å². The Morgan fingerprint density at radius 3 is 2.30 bits per heavy atom. The molecular weight excluding hydrogens is 423 g/mol. The average molecular weight is 440 g/mol. The summed E-state index contributed by atoms with van der Waals surface area (Å²) in [6.07, 6.45) is -0.0278. The van der Waals surface area contributed by atoms with Gasteiger partial charge < -0.3 is 4.98 Å². The first-order valence-electron chi connectivity index (χ1n) is 9.32. The van der Waals surface area contributed by atoms with Crippen molar-refractivity contribution in [2.45, 2.75) is 42.9 Å². The van der Waals surface area contributed by atoms with Gasteiger partial charge in [-0.05, 0) is 55.8 Å². The van der Waals surface area contributed by atoms with Crippen molar-refractivity contribution in [2.24, 2.45) is 5.41 Å². The lowest BCUT2D eigenvalue weighted by Gasteiger charge is -2.72. The summed E-state index contributed by atoms with van der Waals surface area (Å²) >= 11 is 1.35. The fraction of sp³-hybridized carbons (Fsp3) is 0.400.